The Morgan fingerprint density at radius 2 is 1.03 bits per heavy atom. The van der Waals surface area contributed by atoms with Crippen LogP contribution >= 0.6 is 0 Å². The highest BCUT2D eigenvalue weighted by Gasteiger charge is 2.44. The summed E-state index contributed by atoms with van der Waals surface area (Å²) in [6.45, 7) is 37.2. The number of rotatable bonds is 22. The van der Waals surface area contributed by atoms with Gasteiger partial charge in [0.15, 0.2) is 0 Å². The molecule has 0 atom stereocenters. The molecule has 0 aliphatic heterocycles. The molecule has 0 saturated carbocycles. The van der Waals surface area contributed by atoms with E-state index in [1.54, 1.807) is 19.1 Å². The van der Waals surface area contributed by atoms with E-state index in [2.05, 4.69) is 52.3 Å². The fourth-order valence-electron chi connectivity index (χ4n) is 7.68. The maximum absolute atomic E-state index is 12.8. The molecular weight excluding hydrogens is 788 g/mol. The van der Waals surface area contributed by atoms with Gasteiger partial charge in [0.2, 0.25) is 11.8 Å². The zero-order valence-corrected chi connectivity index (χ0v) is 40.8. The van der Waals surface area contributed by atoms with E-state index in [1.807, 2.05) is 120 Å². The first-order chi connectivity index (χ1) is 29.5. The van der Waals surface area contributed by atoms with E-state index in [0.717, 1.165) is 38.2 Å². The summed E-state index contributed by atoms with van der Waals surface area (Å²) in [4.78, 5) is 41.6. The molecule has 11 nitrogen and oxygen atoms in total. The number of nitrogens with zero attached hydrogens (tertiary/aromatic N) is 3. The number of nitroso groups, excluding NO2 is 1. The van der Waals surface area contributed by atoms with Crippen molar-refractivity contribution < 1.29 is 24.7 Å². The highest BCUT2D eigenvalue weighted by atomic mass is 16.4. The summed E-state index contributed by atoms with van der Waals surface area (Å²) in [5.41, 5.74) is 13.0. The number of benzene rings is 3. The molecule has 0 saturated heterocycles. The summed E-state index contributed by atoms with van der Waals surface area (Å²) < 4.78 is 0. The summed E-state index contributed by atoms with van der Waals surface area (Å²) in [6.07, 6.45) is 6.59. The highest BCUT2D eigenvalue weighted by Crippen LogP contribution is 2.42. The number of primary amides is 2. The lowest BCUT2D eigenvalue weighted by Crippen LogP contribution is -2.50. The number of carbonyl (C=O) groups excluding carboxylic acids is 2. The lowest BCUT2D eigenvalue weighted by Gasteiger charge is -2.43. The van der Waals surface area contributed by atoms with Gasteiger partial charge in [0.05, 0.1) is 0 Å². The van der Waals surface area contributed by atoms with Gasteiger partial charge >= 0.3 is 14.2 Å². The highest BCUT2D eigenvalue weighted by molar-refractivity contribution is 6.58. The van der Waals surface area contributed by atoms with Crippen molar-refractivity contribution in [2.45, 2.75) is 110 Å². The van der Waals surface area contributed by atoms with Crippen LogP contribution in [0.15, 0.2) is 113 Å². The molecule has 63 heavy (non-hydrogen) atoms. The summed E-state index contributed by atoms with van der Waals surface area (Å²) in [5.74, 6) is -0.843. The SMILES string of the molecule is C=C/C(CN(Cc1c2ccccc2c(CN(CC(=C/C)/C(=C\C)B(O)N=O)CC(C)(C)C(C)(C)C(N)=O)c2ccccc12)CC(C)(C)C(C)(C)C(N)=O)=C(\C=C)B(O)O.CC.CC. The normalized spacial score (nSPS) is 13.1. The Hall–Kier alpha value is -4.65. The smallest absolute Gasteiger partial charge is 0.425 e. The third-order valence-electron chi connectivity index (χ3n) is 13.1. The number of hydrogen-bond donors (Lipinski definition) is 5. The second kappa shape index (κ2) is 24.4. The first-order valence-corrected chi connectivity index (χ1v) is 22.1. The average Bonchev–Trinajstić information content (AvgIpc) is 3.24. The van der Waals surface area contributed by atoms with Gasteiger partial charge in [0.1, 0.15) is 0 Å². The quantitative estimate of drug-likeness (QED) is 0.0287. The molecule has 0 aliphatic rings. The van der Waals surface area contributed by atoms with Crippen LogP contribution in [0.1, 0.15) is 108 Å². The van der Waals surface area contributed by atoms with Gasteiger partial charge in [0.25, 0.3) is 0 Å². The van der Waals surface area contributed by atoms with E-state index in [0.29, 0.717) is 43.8 Å². The van der Waals surface area contributed by atoms with Crippen molar-refractivity contribution in [3.63, 3.8) is 0 Å². The van der Waals surface area contributed by atoms with E-state index in [-0.39, 0.29) is 12.0 Å². The average molecular weight is 866 g/mol. The number of carbonyl (C=O) groups is 2. The number of nitrogens with two attached hydrogens (primary N) is 2. The van der Waals surface area contributed by atoms with Gasteiger partial charge in [-0.2, -0.15) is 4.91 Å². The van der Waals surface area contributed by atoms with Crippen LogP contribution in [0.3, 0.4) is 0 Å². The number of hydrogen-bond acceptors (Lipinski definition) is 9. The fourth-order valence-corrected chi connectivity index (χ4v) is 7.68. The third kappa shape index (κ3) is 13.2. The van der Waals surface area contributed by atoms with Crippen LogP contribution in [0.4, 0.5) is 0 Å². The van der Waals surface area contributed by atoms with Gasteiger partial charge < -0.3 is 26.5 Å². The van der Waals surface area contributed by atoms with Crippen molar-refractivity contribution in [3.8, 4) is 0 Å². The van der Waals surface area contributed by atoms with Crippen molar-refractivity contribution in [1.29, 1.82) is 0 Å². The molecule has 3 aromatic rings. The van der Waals surface area contributed by atoms with E-state index in [1.165, 1.54) is 6.08 Å². The van der Waals surface area contributed by atoms with Crippen molar-refractivity contribution in [2.75, 3.05) is 26.2 Å². The van der Waals surface area contributed by atoms with Crippen LogP contribution in [-0.4, -0.2) is 77.0 Å². The molecule has 3 rings (SSSR count). The molecule has 13 heteroatoms. The molecule has 0 unspecified atom stereocenters. The van der Waals surface area contributed by atoms with Crippen LogP contribution in [-0.2, 0) is 22.7 Å². The lowest BCUT2D eigenvalue weighted by molar-refractivity contribution is -0.133. The van der Waals surface area contributed by atoms with Crippen molar-refractivity contribution in [1.82, 2.24) is 9.80 Å². The molecule has 0 heterocycles. The molecule has 0 aromatic heterocycles. The van der Waals surface area contributed by atoms with E-state index >= 15 is 0 Å². The van der Waals surface area contributed by atoms with E-state index in [9.17, 15) is 29.6 Å². The fraction of sp³-hybridized carbons (Fsp3) is 0.480. The van der Waals surface area contributed by atoms with Crippen LogP contribution in [0, 0.1) is 26.6 Å². The number of amides is 2. The summed E-state index contributed by atoms with van der Waals surface area (Å²) in [7, 11) is -3.30. The molecule has 2 amide bonds. The predicted molar refractivity (Wildman–Crippen MR) is 267 cm³/mol. The second-order valence-corrected chi connectivity index (χ2v) is 17.9. The number of fused-ring (bicyclic) bond motifs is 2. The molecule has 3 aromatic carbocycles. The van der Waals surface area contributed by atoms with Crippen LogP contribution in [0.2, 0.25) is 0 Å². The van der Waals surface area contributed by atoms with Crippen molar-refractivity contribution in [2.24, 2.45) is 38.2 Å². The molecule has 0 fully saturated rings. The zero-order valence-electron chi connectivity index (χ0n) is 40.8. The summed E-state index contributed by atoms with van der Waals surface area (Å²) in [6, 6.07) is 16.4. The van der Waals surface area contributed by atoms with Gasteiger partial charge in [-0.15, -0.1) is 0 Å². The first kappa shape index (κ1) is 56.4. The molecule has 0 spiro atoms. The Labute approximate surface area is 379 Å². The molecular formula is C50H77B2N5O6. The molecule has 0 bridgehead atoms. The Morgan fingerprint density at radius 1 is 0.667 bits per heavy atom. The maximum atomic E-state index is 12.8. The molecule has 344 valence electrons. The number of allylic oxidation sites excluding steroid dienone is 4. The molecule has 0 radical (unpaired) electrons. The standard InChI is InChI=1S/C46H65B2N5O6.2C2H6/c1-13-31(39(15-3)47(56)51-59)25-52(29-43(5,6)45(9,10)41(49)54)27-37-33-21-17-19-23-35(33)38(36-24-20-18-22-34(36)37)28-53(26-32(14-2)40(16-4)48(57)58)30-44(7,8)46(11,12)42(50)55;2*1-2/h13-24,56-58H,2,4,25-30H2,1,3,5-12H3,(H2,49,54)(H2,50,55);2*1-2H3/b31-13-,39-15+,40-32-;;. The second-order valence-electron chi connectivity index (χ2n) is 17.9. The Bertz CT molecular complexity index is 2100. The summed E-state index contributed by atoms with van der Waals surface area (Å²) >= 11 is 0. The van der Waals surface area contributed by atoms with Crippen LogP contribution < -0.4 is 11.5 Å². The summed E-state index contributed by atoms with van der Waals surface area (Å²) in [5, 5.41) is 38.1. The van der Waals surface area contributed by atoms with E-state index < -0.39 is 47.6 Å². The van der Waals surface area contributed by atoms with Crippen molar-refractivity contribution >= 4 is 47.5 Å². The minimum Gasteiger partial charge on any atom is -0.425 e. The van der Waals surface area contributed by atoms with Crippen LogP contribution in [0.5, 0.6) is 0 Å². The van der Waals surface area contributed by atoms with Gasteiger partial charge in [-0.1, -0.05) is 174 Å². The monoisotopic (exact) mass is 866 g/mol. The third-order valence-corrected chi connectivity index (χ3v) is 13.1. The largest absolute Gasteiger partial charge is 0.517 e. The molecule has 0 aliphatic carbocycles. The van der Waals surface area contributed by atoms with Gasteiger partial charge in [-0.3, -0.25) is 19.4 Å². The topological polar surface area (TPSA) is 183 Å². The maximum Gasteiger partial charge on any atom is 0.517 e. The lowest BCUT2D eigenvalue weighted by atomic mass is 9.66. The van der Waals surface area contributed by atoms with Gasteiger partial charge in [-0.25, -0.2) is 0 Å². The van der Waals surface area contributed by atoms with E-state index in [4.69, 9.17) is 11.5 Å². The Balaban J connectivity index is 0.00000481. The predicted octanol–water partition coefficient (Wildman–Crippen LogP) is 9.08. The Kier molecular flexibility index (Phi) is 21.9. The first-order valence-electron chi connectivity index (χ1n) is 22.1. The minimum absolute atomic E-state index is 0.238. The zero-order chi connectivity index (χ0) is 48.7. The van der Waals surface area contributed by atoms with Gasteiger partial charge in [-0.05, 0) is 79.4 Å². The molecule has 7 N–H and O–H groups in total. The van der Waals surface area contributed by atoms with Crippen molar-refractivity contribution in [3.05, 3.63) is 124 Å². The Morgan fingerprint density at radius 3 is 1.30 bits per heavy atom. The minimum atomic E-state index is -1.76. The van der Waals surface area contributed by atoms with Crippen LogP contribution in [0.25, 0.3) is 21.5 Å². The van der Waals surface area contributed by atoms with Gasteiger partial charge in [0, 0.05) is 50.1 Å².